The molecular weight excluding hydrogens is 306 g/mol. The summed E-state index contributed by atoms with van der Waals surface area (Å²) in [6.07, 6.45) is 0. The van der Waals surface area contributed by atoms with Gasteiger partial charge in [0.1, 0.15) is 0 Å². The van der Waals surface area contributed by atoms with E-state index in [1.807, 2.05) is 0 Å². The molecule has 0 fully saturated rings. The van der Waals surface area contributed by atoms with Gasteiger partial charge in [-0.2, -0.15) is 0 Å². The van der Waals surface area contributed by atoms with Crippen LogP contribution >= 0.6 is 62.3 Å². The Hall–Kier alpha value is 0.860. The van der Waals surface area contributed by atoms with Gasteiger partial charge in [-0.05, 0) is 12.1 Å². The summed E-state index contributed by atoms with van der Waals surface area (Å²) in [5.41, 5.74) is 0.469. The molecule has 0 aliphatic heterocycles. The van der Waals surface area contributed by atoms with Crippen LogP contribution < -0.4 is 0 Å². The fourth-order valence-corrected chi connectivity index (χ4v) is 2.96. The van der Waals surface area contributed by atoms with Crippen LogP contribution in [0.4, 0.5) is 0 Å². The predicted molar refractivity (Wildman–Crippen MR) is 58.4 cm³/mol. The van der Waals surface area contributed by atoms with Crippen LogP contribution in [0, 0.1) is 0 Å². The zero-order chi connectivity index (χ0) is 9.35. The molecule has 0 saturated heterocycles. The summed E-state index contributed by atoms with van der Waals surface area (Å²) in [7, 11) is 0. The van der Waals surface area contributed by atoms with Crippen molar-refractivity contribution >= 4 is 62.3 Å². The maximum Gasteiger partial charge on any atom is 0.218 e. The van der Waals surface area contributed by atoms with E-state index >= 15 is 0 Å². The van der Waals surface area contributed by atoms with Crippen molar-refractivity contribution in [2.45, 2.75) is 3.79 Å². The second-order valence-electron chi connectivity index (χ2n) is 2.09. The molecule has 1 rings (SSSR count). The van der Waals surface area contributed by atoms with E-state index in [1.165, 1.54) is 0 Å². The first-order valence-electron chi connectivity index (χ1n) is 2.94. The third kappa shape index (κ3) is 2.43. The van der Waals surface area contributed by atoms with Gasteiger partial charge in [0.05, 0.1) is 0 Å². The molecule has 0 heterocycles. The maximum atomic E-state index is 5.83. The van der Waals surface area contributed by atoms with Gasteiger partial charge in [-0.1, -0.05) is 68.4 Å². The van der Waals surface area contributed by atoms with Crippen LogP contribution in [0.25, 0.3) is 0 Å². The Labute approximate surface area is 98.9 Å². The van der Waals surface area contributed by atoms with Gasteiger partial charge in [0.15, 0.2) is 0 Å². The smallest absolute Gasteiger partial charge is 0.0838 e. The topological polar surface area (TPSA) is 0 Å². The van der Waals surface area contributed by atoms with Gasteiger partial charge in [0, 0.05) is 15.1 Å². The predicted octanol–water partition coefficient (Wildman–Crippen LogP) is 4.93. The van der Waals surface area contributed by atoms with Gasteiger partial charge in [-0.3, -0.25) is 0 Å². The van der Waals surface area contributed by atoms with Crippen LogP contribution in [0.3, 0.4) is 0 Å². The standard InChI is InChI=1S/C7H3BrCl4/c8-4-2-1-3-5(9)6(4)7(10,11)12/h1-3H. The van der Waals surface area contributed by atoms with E-state index in [4.69, 9.17) is 46.4 Å². The van der Waals surface area contributed by atoms with Crippen LogP contribution in [0.2, 0.25) is 5.02 Å². The molecule has 0 nitrogen and oxygen atoms in total. The van der Waals surface area contributed by atoms with E-state index in [-0.39, 0.29) is 0 Å². The molecule has 0 unspecified atom stereocenters. The number of benzene rings is 1. The molecule has 12 heavy (non-hydrogen) atoms. The first kappa shape index (κ1) is 10.9. The molecule has 1 aromatic carbocycles. The van der Waals surface area contributed by atoms with Crippen molar-refractivity contribution < 1.29 is 0 Å². The van der Waals surface area contributed by atoms with Crippen LogP contribution in [0.1, 0.15) is 5.56 Å². The molecule has 0 aliphatic carbocycles. The van der Waals surface area contributed by atoms with Gasteiger partial charge in [-0.25, -0.2) is 0 Å². The first-order chi connectivity index (χ1) is 5.43. The second-order valence-corrected chi connectivity index (χ2v) is 5.64. The summed E-state index contributed by atoms with van der Waals surface area (Å²) in [6, 6.07) is 5.21. The van der Waals surface area contributed by atoms with E-state index in [2.05, 4.69) is 15.9 Å². The number of rotatable bonds is 0. The highest BCUT2D eigenvalue weighted by Gasteiger charge is 2.27. The molecule has 5 heteroatoms. The molecule has 0 aliphatic rings. The SMILES string of the molecule is Clc1cccc(Br)c1C(Cl)(Cl)Cl. The minimum atomic E-state index is -1.49. The molecular formula is C7H3BrCl4. The highest BCUT2D eigenvalue weighted by Crippen LogP contribution is 2.45. The van der Waals surface area contributed by atoms with Crippen LogP contribution in [0.15, 0.2) is 22.7 Å². The van der Waals surface area contributed by atoms with Gasteiger partial charge in [0.2, 0.25) is 3.79 Å². The van der Waals surface area contributed by atoms with Gasteiger partial charge < -0.3 is 0 Å². The van der Waals surface area contributed by atoms with Crippen molar-refractivity contribution in [2.24, 2.45) is 0 Å². The Bertz CT molecular complexity index is 272. The van der Waals surface area contributed by atoms with Crippen LogP contribution in [-0.4, -0.2) is 0 Å². The maximum absolute atomic E-state index is 5.83. The van der Waals surface area contributed by atoms with Gasteiger partial charge in [-0.15, -0.1) is 0 Å². The third-order valence-electron chi connectivity index (χ3n) is 1.25. The van der Waals surface area contributed by atoms with E-state index in [0.717, 1.165) is 0 Å². The fraction of sp³-hybridized carbons (Fsp3) is 0.143. The molecule has 0 radical (unpaired) electrons. The number of alkyl halides is 3. The van der Waals surface area contributed by atoms with E-state index in [0.29, 0.717) is 15.1 Å². The summed E-state index contributed by atoms with van der Waals surface area (Å²) < 4.78 is -0.799. The second kappa shape index (κ2) is 3.93. The van der Waals surface area contributed by atoms with E-state index in [1.54, 1.807) is 18.2 Å². The summed E-state index contributed by atoms with van der Waals surface area (Å²) in [5, 5.41) is 0.435. The van der Waals surface area contributed by atoms with Crippen LogP contribution in [0.5, 0.6) is 0 Å². The molecule has 0 saturated carbocycles. The average Bonchev–Trinajstić information content (AvgIpc) is 1.82. The normalized spacial score (nSPS) is 11.8. The Morgan fingerprint density at radius 3 is 2.08 bits per heavy atom. The average molecular weight is 309 g/mol. The Kier molecular flexibility index (Phi) is 3.58. The third-order valence-corrected chi connectivity index (χ3v) is 2.79. The van der Waals surface area contributed by atoms with Crippen molar-refractivity contribution in [3.63, 3.8) is 0 Å². The van der Waals surface area contributed by atoms with Crippen LogP contribution in [-0.2, 0) is 3.79 Å². The minimum absolute atomic E-state index is 0.435. The fourth-order valence-electron chi connectivity index (χ4n) is 0.769. The van der Waals surface area contributed by atoms with Gasteiger partial charge >= 0.3 is 0 Å². The zero-order valence-corrected chi connectivity index (χ0v) is 10.2. The quantitative estimate of drug-likeness (QED) is 0.596. The lowest BCUT2D eigenvalue weighted by Gasteiger charge is -2.14. The van der Waals surface area contributed by atoms with Crippen molar-refractivity contribution in [1.29, 1.82) is 0 Å². The Balaban J connectivity index is 3.31. The van der Waals surface area contributed by atoms with Crippen molar-refractivity contribution in [2.75, 3.05) is 0 Å². The molecule has 0 amide bonds. The summed E-state index contributed by atoms with van der Waals surface area (Å²) in [6.45, 7) is 0. The summed E-state index contributed by atoms with van der Waals surface area (Å²) in [4.78, 5) is 0. The summed E-state index contributed by atoms with van der Waals surface area (Å²) in [5.74, 6) is 0. The highest BCUT2D eigenvalue weighted by molar-refractivity contribution is 9.10. The Morgan fingerprint density at radius 2 is 1.75 bits per heavy atom. The van der Waals surface area contributed by atoms with Crippen molar-refractivity contribution in [3.05, 3.63) is 33.3 Å². The number of halogens is 5. The van der Waals surface area contributed by atoms with Crippen molar-refractivity contribution in [3.8, 4) is 0 Å². The minimum Gasteiger partial charge on any atom is -0.0838 e. The zero-order valence-electron chi connectivity index (χ0n) is 5.62. The number of hydrogen-bond acceptors (Lipinski definition) is 0. The lowest BCUT2D eigenvalue weighted by molar-refractivity contribution is 1.22. The molecule has 0 bridgehead atoms. The molecule has 66 valence electrons. The first-order valence-corrected chi connectivity index (χ1v) is 5.24. The van der Waals surface area contributed by atoms with Gasteiger partial charge in [0.25, 0.3) is 0 Å². The summed E-state index contributed by atoms with van der Waals surface area (Å²) >= 11 is 26.1. The Morgan fingerprint density at radius 1 is 1.17 bits per heavy atom. The molecule has 0 aromatic heterocycles. The highest BCUT2D eigenvalue weighted by atomic mass is 79.9. The number of hydrogen-bond donors (Lipinski definition) is 0. The molecule has 0 N–H and O–H groups in total. The largest absolute Gasteiger partial charge is 0.218 e. The van der Waals surface area contributed by atoms with E-state index < -0.39 is 3.79 Å². The molecule has 0 atom stereocenters. The lowest BCUT2D eigenvalue weighted by Crippen LogP contribution is -2.01. The lowest BCUT2D eigenvalue weighted by atomic mass is 10.2. The molecule has 1 aromatic rings. The molecule has 0 spiro atoms. The monoisotopic (exact) mass is 306 g/mol. The van der Waals surface area contributed by atoms with Crippen molar-refractivity contribution in [1.82, 2.24) is 0 Å². The van der Waals surface area contributed by atoms with E-state index in [9.17, 15) is 0 Å².